The summed E-state index contributed by atoms with van der Waals surface area (Å²) in [7, 11) is 0. The number of aromatic nitrogens is 5. The van der Waals surface area contributed by atoms with Gasteiger partial charge in [-0.05, 0) is 19.3 Å². The summed E-state index contributed by atoms with van der Waals surface area (Å²) >= 11 is 0. The minimum atomic E-state index is -1.000. The SMILES string of the molecule is CCCn1cncc1Cn1nnc(C(=O)O)c1C1CC1. The molecule has 106 valence electrons. The molecule has 0 amide bonds. The average molecular weight is 275 g/mol. The van der Waals surface area contributed by atoms with E-state index in [9.17, 15) is 9.90 Å². The zero-order valence-corrected chi connectivity index (χ0v) is 11.4. The first-order chi connectivity index (χ1) is 9.70. The molecular formula is C13H17N5O2. The second kappa shape index (κ2) is 5.07. The molecule has 1 saturated carbocycles. The van der Waals surface area contributed by atoms with Crippen LogP contribution in [-0.2, 0) is 13.1 Å². The van der Waals surface area contributed by atoms with Crippen LogP contribution in [0.5, 0.6) is 0 Å². The lowest BCUT2D eigenvalue weighted by atomic mass is 10.2. The van der Waals surface area contributed by atoms with Crippen molar-refractivity contribution in [1.82, 2.24) is 24.5 Å². The third kappa shape index (κ3) is 2.31. The summed E-state index contributed by atoms with van der Waals surface area (Å²) in [5.41, 5.74) is 1.87. The summed E-state index contributed by atoms with van der Waals surface area (Å²) in [5.74, 6) is -0.709. The van der Waals surface area contributed by atoms with Crippen molar-refractivity contribution in [1.29, 1.82) is 0 Å². The van der Waals surface area contributed by atoms with E-state index in [1.807, 2.05) is 0 Å². The van der Waals surface area contributed by atoms with Crippen LogP contribution in [-0.4, -0.2) is 35.6 Å². The van der Waals surface area contributed by atoms with E-state index in [4.69, 9.17) is 0 Å². The molecule has 2 aromatic rings. The smallest absolute Gasteiger partial charge is 0.358 e. The van der Waals surface area contributed by atoms with Crippen LogP contribution in [0.1, 0.15) is 54.0 Å². The fraction of sp³-hybridized carbons (Fsp3) is 0.538. The Morgan fingerprint density at radius 2 is 2.30 bits per heavy atom. The summed E-state index contributed by atoms with van der Waals surface area (Å²) in [6, 6.07) is 0. The number of carboxylic acids is 1. The number of imidazole rings is 1. The summed E-state index contributed by atoms with van der Waals surface area (Å²) < 4.78 is 3.78. The van der Waals surface area contributed by atoms with E-state index in [1.165, 1.54) is 0 Å². The van der Waals surface area contributed by atoms with Crippen LogP contribution in [0.4, 0.5) is 0 Å². The minimum absolute atomic E-state index is 0.0917. The lowest BCUT2D eigenvalue weighted by molar-refractivity contribution is 0.0689. The van der Waals surface area contributed by atoms with Crippen molar-refractivity contribution < 1.29 is 9.90 Å². The van der Waals surface area contributed by atoms with Gasteiger partial charge in [0.05, 0.1) is 30.5 Å². The molecule has 1 fully saturated rings. The van der Waals surface area contributed by atoms with Crippen LogP contribution < -0.4 is 0 Å². The molecular weight excluding hydrogens is 258 g/mol. The third-order valence-electron chi connectivity index (χ3n) is 3.51. The van der Waals surface area contributed by atoms with Gasteiger partial charge in [-0.15, -0.1) is 5.10 Å². The Hall–Kier alpha value is -2.18. The average Bonchev–Trinajstić information content (AvgIpc) is 3.02. The number of carbonyl (C=O) groups is 1. The van der Waals surface area contributed by atoms with E-state index in [0.717, 1.165) is 37.2 Å². The Labute approximate surface area is 116 Å². The molecule has 3 rings (SSSR count). The van der Waals surface area contributed by atoms with Gasteiger partial charge in [-0.2, -0.15) is 0 Å². The second-order valence-corrected chi connectivity index (χ2v) is 5.14. The molecule has 1 aliphatic carbocycles. The van der Waals surface area contributed by atoms with E-state index in [0.29, 0.717) is 12.5 Å². The van der Waals surface area contributed by atoms with Gasteiger partial charge in [-0.1, -0.05) is 12.1 Å². The molecule has 0 bridgehead atoms. The molecule has 0 atom stereocenters. The standard InChI is InChI=1S/C13H17N5O2/c1-2-5-17-8-14-6-10(17)7-18-12(9-3-4-9)11(13(19)20)15-16-18/h6,8-9H,2-5,7H2,1H3,(H,19,20). The first-order valence-electron chi connectivity index (χ1n) is 6.86. The molecule has 0 unspecified atom stereocenters. The highest BCUT2D eigenvalue weighted by atomic mass is 16.4. The predicted molar refractivity (Wildman–Crippen MR) is 70.6 cm³/mol. The molecule has 0 spiro atoms. The molecule has 0 aliphatic heterocycles. The molecule has 0 aromatic carbocycles. The first-order valence-corrected chi connectivity index (χ1v) is 6.86. The van der Waals surface area contributed by atoms with Crippen molar-refractivity contribution in [2.24, 2.45) is 0 Å². The molecule has 7 heteroatoms. The number of aromatic carboxylic acids is 1. The predicted octanol–water partition coefficient (Wildman–Crippen LogP) is 1.51. The van der Waals surface area contributed by atoms with Gasteiger partial charge in [-0.3, -0.25) is 0 Å². The van der Waals surface area contributed by atoms with E-state index in [2.05, 4.69) is 26.8 Å². The maximum atomic E-state index is 11.2. The topological polar surface area (TPSA) is 85.8 Å². The number of nitrogens with zero attached hydrogens (tertiary/aromatic N) is 5. The summed E-state index contributed by atoms with van der Waals surface area (Å²) in [6.45, 7) is 3.53. The fourth-order valence-corrected chi connectivity index (χ4v) is 2.43. The van der Waals surface area contributed by atoms with Crippen molar-refractivity contribution in [2.45, 2.75) is 45.2 Å². The maximum absolute atomic E-state index is 11.2. The van der Waals surface area contributed by atoms with Crippen LogP contribution in [0.15, 0.2) is 12.5 Å². The fourth-order valence-electron chi connectivity index (χ4n) is 2.43. The molecule has 2 aromatic heterocycles. The van der Waals surface area contributed by atoms with E-state index in [-0.39, 0.29) is 5.69 Å². The highest BCUT2D eigenvalue weighted by molar-refractivity contribution is 5.86. The minimum Gasteiger partial charge on any atom is -0.476 e. The van der Waals surface area contributed by atoms with E-state index < -0.39 is 5.97 Å². The quantitative estimate of drug-likeness (QED) is 0.863. The molecule has 20 heavy (non-hydrogen) atoms. The van der Waals surface area contributed by atoms with Gasteiger partial charge < -0.3 is 9.67 Å². The van der Waals surface area contributed by atoms with Crippen LogP contribution in [0, 0.1) is 0 Å². The van der Waals surface area contributed by atoms with Crippen LogP contribution >= 0.6 is 0 Å². The zero-order chi connectivity index (χ0) is 14.1. The molecule has 0 saturated heterocycles. The first kappa shape index (κ1) is 12.8. The highest BCUT2D eigenvalue weighted by Gasteiger charge is 2.33. The van der Waals surface area contributed by atoms with Crippen molar-refractivity contribution >= 4 is 5.97 Å². The van der Waals surface area contributed by atoms with Crippen LogP contribution in [0.25, 0.3) is 0 Å². The van der Waals surface area contributed by atoms with Gasteiger partial charge >= 0.3 is 5.97 Å². The van der Waals surface area contributed by atoms with Gasteiger partial charge in [0.1, 0.15) is 0 Å². The summed E-state index contributed by atoms with van der Waals surface area (Å²) in [4.78, 5) is 15.4. The van der Waals surface area contributed by atoms with Crippen LogP contribution in [0.2, 0.25) is 0 Å². The molecule has 7 nitrogen and oxygen atoms in total. The second-order valence-electron chi connectivity index (χ2n) is 5.14. The van der Waals surface area contributed by atoms with Gasteiger partial charge in [0.15, 0.2) is 5.69 Å². The highest BCUT2D eigenvalue weighted by Crippen LogP contribution is 2.41. The summed E-state index contributed by atoms with van der Waals surface area (Å²) in [6.07, 6.45) is 6.65. The van der Waals surface area contributed by atoms with Gasteiger partial charge in [0.2, 0.25) is 0 Å². The number of rotatable bonds is 6. The lowest BCUT2D eigenvalue weighted by Crippen LogP contribution is -2.11. The van der Waals surface area contributed by atoms with E-state index in [1.54, 1.807) is 17.2 Å². The Balaban J connectivity index is 1.90. The van der Waals surface area contributed by atoms with Crippen LogP contribution in [0.3, 0.4) is 0 Å². The molecule has 2 heterocycles. The third-order valence-corrected chi connectivity index (χ3v) is 3.51. The number of hydrogen-bond donors (Lipinski definition) is 1. The van der Waals surface area contributed by atoms with Gasteiger partial charge in [0, 0.05) is 12.5 Å². The van der Waals surface area contributed by atoms with Gasteiger partial charge in [-0.25, -0.2) is 14.5 Å². The van der Waals surface area contributed by atoms with Gasteiger partial charge in [0.25, 0.3) is 0 Å². The largest absolute Gasteiger partial charge is 0.476 e. The Morgan fingerprint density at radius 1 is 1.50 bits per heavy atom. The molecule has 1 N–H and O–H groups in total. The lowest BCUT2D eigenvalue weighted by Gasteiger charge is -2.09. The maximum Gasteiger partial charge on any atom is 0.358 e. The Bertz CT molecular complexity index is 626. The normalized spacial score (nSPS) is 14.7. The van der Waals surface area contributed by atoms with Crippen molar-refractivity contribution in [3.8, 4) is 0 Å². The molecule has 1 aliphatic rings. The summed E-state index contributed by atoms with van der Waals surface area (Å²) in [5, 5.41) is 17.0. The number of hydrogen-bond acceptors (Lipinski definition) is 4. The zero-order valence-electron chi connectivity index (χ0n) is 11.4. The molecule has 0 radical (unpaired) electrons. The van der Waals surface area contributed by atoms with Crippen molar-refractivity contribution in [2.75, 3.05) is 0 Å². The Kier molecular flexibility index (Phi) is 3.25. The monoisotopic (exact) mass is 275 g/mol. The number of aryl methyl sites for hydroxylation is 1. The van der Waals surface area contributed by atoms with Crippen molar-refractivity contribution in [3.05, 3.63) is 29.6 Å². The number of carboxylic acid groups (broad SMARTS) is 1. The van der Waals surface area contributed by atoms with E-state index >= 15 is 0 Å². The van der Waals surface area contributed by atoms with Crippen molar-refractivity contribution in [3.63, 3.8) is 0 Å². The Morgan fingerprint density at radius 3 is 2.95 bits per heavy atom.